The third-order valence-corrected chi connectivity index (χ3v) is 8.83. The second-order valence-electron chi connectivity index (χ2n) is 11.7. The highest BCUT2D eigenvalue weighted by molar-refractivity contribution is 6.36. The van der Waals surface area contributed by atoms with Gasteiger partial charge in [-0.1, -0.05) is 118 Å². The lowest BCUT2D eigenvalue weighted by Gasteiger charge is -2.31. The molecule has 0 aliphatic heterocycles. The van der Waals surface area contributed by atoms with Crippen LogP contribution in [-0.4, -0.2) is 7.85 Å². The smallest absolute Gasteiger partial charge is 0.116 e. The Bertz CT molecular complexity index is 1740. The van der Waals surface area contributed by atoms with E-state index in [1.165, 1.54) is 44.5 Å². The van der Waals surface area contributed by atoms with Gasteiger partial charge in [0.1, 0.15) is 7.85 Å². The minimum absolute atomic E-state index is 0.0720. The van der Waals surface area contributed by atoms with Crippen molar-refractivity contribution >= 4 is 30.4 Å². The van der Waals surface area contributed by atoms with Crippen molar-refractivity contribution in [2.45, 2.75) is 38.5 Å². The SMILES string of the molecule is [B]c1ccccc1N(c1ccc2c(c1)C(C)(C)c1ccccc1-2)c1cccc2c1-c1ccccc1C2(C)C. The molecule has 0 fully saturated rings. The van der Waals surface area contributed by atoms with Crippen molar-refractivity contribution in [2.24, 2.45) is 0 Å². The van der Waals surface area contributed by atoms with Crippen LogP contribution in [0.4, 0.5) is 17.1 Å². The second kappa shape index (κ2) is 7.98. The lowest BCUT2D eigenvalue weighted by molar-refractivity contribution is 0.660. The molecule has 0 saturated heterocycles. The van der Waals surface area contributed by atoms with Crippen LogP contribution in [-0.2, 0) is 10.8 Å². The summed E-state index contributed by atoms with van der Waals surface area (Å²) in [6, 6.07) is 39.5. The fraction of sp³-hybridized carbons (Fsp3) is 0.167. The summed E-state index contributed by atoms with van der Waals surface area (Å²) in [6.07, 6.45) is 0. The molecule has 7 rings (SSSR count). The summed E-state index contributed by atoms with van der Waals surface area (Å²) >= 11 is 0. The number of anilines is 3. The van der Waals surface area contributed by atoms with Gasteiger partial charge in [0.15, 0.2) is 0 Å². The van der Waals surface area contributed by atoms with Gasteiger partial charge in [0.2, 0.25) is 0 Å². The Morgan fingerprint density at radius 1 is 0.500 bits per heavy atom. The van der Waals surface area contributed by atoms with Gasteiger partial charge in [0.05, 0.1) is 5.69 Å². The van der Waals surface area contributed by atoms with Crippen molar-refractivity contribution in [3.63, 3.8) is 0 Å². The Labute approximate surface area is 227 Å². The van der Waals surface area contributed by atoms with E-state index in [4.69, 9.17) is 7.85 Å². The molecular weight excluding hydrogens is 457 g/mol. The van der Waals surface area contributed by atoms with Gasteiger partial charge in [-0.25, -0.2) is 0 Å². The molecular formula is C36H30BN. The zero-order valence-electron chi connectivity index (χ0n) is 22.4. The highest BCUT2D eigenvalue weighted by Crippen LogP contribution is 2.55. The van der Waals surface area contributed by atoms with Gasteiger partial charge in [0, 0.05) is 27.8 Å². The van der Waals surface area contributed by atoms with Gasteiger partial charge in [-0.05, 0) is 63.2 Å². The van der Waals surface area contributed by atoms with E-state index in [1.807, 2.05) is 12.1 Å². The molecule has 0 aromatic heterocycles. The first-order chi connectivity index (χ1) is 18.3. The molecule has 0 heterocycles. The molecule has 0 bridgehead atoms. The van der Waals surface area contributed by atoms with Crippen LogP contribution in [0.3, 0.4) is 0 Å². The highest BCUT2D eigenvalue weighted by atomic mass is 15.1. The number of benzene rings is 5. The van der Waals surface area contributed by atoms with Gasteiger partial charge in [-0.15, -0.1) is 0 Å². The predicted molar refractivity (Wildman–Crippen MR) is 162 cm³/mol. The van der Waals surface area contributed by atoms with E-state index in [0.717, 1.165) is 22.5 Å². The van der Waals surface area contributed by atoms with Crippen molar-refractivity contribution in [3.8, 4) is 22.3 Å². The molecule has 0 amide bonds. The largest absolute Gasteiger partial charge is 0.310 e. The lowest BCUT2D eigenvalue weighted by Crippen LogP contribution is -2.21. The monoisotopic (exact) mass is 487 g/mol. The molecule has 1 nitrogen and oxygen atoms in total. The molecule has 2 aliphatic rings. The molecule has 2 radical (unpaired) electrons. The molecule has 5 aromatic carbocycles. The van der Waals surface area contributed by atoms with Crippen LogP contribution in [0.5, 0.6) is 0 Å². The summed E-state index contributed by atoms with van der Waals surface area (Å²) in [6.45, 7) is 9.33. The molecule has 0 unspecified atom stereocenters. The van der Waals surface area contributed by atoms with Crippen LogP contribution in [0.15, 0.2) is 109 Å². The summed E-state index contributed by atoms with van der Waals surface area (Å²) in [5.41, 5.74) is 14.6. The molecule has 0 saturated carbocycles. The van der Waals surface area contributed by atoms with E-state index >= 15 is 0 Å². The summed E-state index contributed by atoms with van der Waals surface area (Å²) in [5.74, 6) is 0. The molecule has 0 N–H and O–H groups in total. The maximum Gasteiger partial charge on any atom is 0.116 e. The van der Waals surface area contributed by atoms with Crippen LogP contribution < -0.4 is 10.4 Å². The number of hydrogen-bond acceptors (Lipinski definition) is 1. The van der Waals surface area contributed by atoms with Gasteiger partial charge in [-0.3, -0.25) is 0 Å². The van der Waals surface area contributed by atoms with E-state index in [1.54, 1.807) is 0 Å². The van der Waals surface area contributed by atoms with E-state index in [2.05, 4.69) is 130 Å². The average Bonchev–Trinajstić information content (AvgIpc) is 3.30. The van der Waals surface area contributed by atoms with Crippen molar-refractivity contribution in [1.82, 2.24) is 0 Å². The zero-order chi connectivity index (χ0) is 26.2. The Morgan fingerprint density at radius 2 is 1.05 bits per heavy atom. The van der Waals surface area contributed by atoms with Crippen LogP contribution in [0.2, 0.25) is 0 Å². The van der Waals surface area contributed by atoms with Gasteiger partial charge in [0.25, 0.3) is 0 Å². The fourth-order valence-corrected chi connectivity index (χ4v) is 6.85. The summed E-state index contributed by atoms with van der Waals surface area (Å²) in [7, 11) is 6.68. The molecule has 2 heteroatoms. The fourth-order valence-electron chi connectivity index (χ4n) is 6.85. The topological polar surface area (TPSA) is 3.24 Å². The van der Waals surface area contributed by atoms with E-state index < -0.39 is 0 Å². The highest BCUT2D eigenvalue weighted by Gasteiger charge is 2.39. The molecule has 2 aliphatic carbocycles. The van der Waals surface area contributed by atoms with E-state index in [0.29, 0.717) is 0 Å². The number of nitrogens with zero attached hydrogens (tertiary/aromatic N) is 1. The summed E-state index contributed by atoms with van der Waals surface area (Å²) in [5, 5.41) is 0. The van der Waals surface area contributed by atoms with Crippen molar-refractivity contribution in [2.75, 3.05) is 4.90 Å². The van der Waals surface area contributed by atoms with Gasteiger partial charge >= 0.3 is 0 Å². The van der Waals surface area contributed by atoms with Crippen molar-refractivity contribution in [3.05, 3.63) is 131 Å². The van der Waals surface area contributed by atoms with Crippen LogP contribution >= 0.6 is 0 Å². The summed E-state index contributed by atoms with van der Waals surface area (Å²) < 4.78 is 0. The van der Waals surface area contributed by atoms with Crippen molar-refractivity contribution in [1.29, 1.82) is 0 Å². The number of hydrogen-bond donors (Lipinski definition) is 0. The predicted octanol–water partition coefficient (Wildman–Crippen LogP) is 8.56. The maximum absolute atomic E-state index is 6.68. The van der Waals surface area contributed by atoms with Crippen molar-refractivity contribution < 1.29 is 0 Å². The third-order valence-electron chi connectivity index (χ3n) is 8.83. The molecule has 5 aromatic rings. The maximum atomic E-state index is 6.68. The first-order valence-electron chi connectivity index (χ1n) is 13.4. The van der Waals surface area contributed by atoms with E-state index in [9.17, 15) is 0 Å². The number of fused-ring (bicyclic) bond motifs is 6. The zero-order valence-corrected chi connectivity index (χ0v) is 22.4. The van der Waals surface area contributed by atoms with Crippen LogP contribution in [0.1, 0.15) is 49.9 Å². The Hall–Kier alpha value is -4.04. The standard InChI is InChI=1S/C36H30BN/c1-35(2)28-15-8-6-13-26(28)34-29(35)16-11-19-33(34)38(32-18-10-9-17-31(32)37)23-20-21-25-24-12-5-7-14-27(24)36(3,4)30(25)22-23/h5-22H,1-4H3. The number of rotatable bonds is 3. The average molecular weight is 487 g/mol. The second-order valence-corrected chi connectivity index (χ2v) is 11.7. The first-order valence-corrected chi connectivity index (χ1v) is 13.4. The molecule has 0 atom stereocenters. The lowest BCUT2D eigenvalue weighted by atomic mass is 9.82. The van der Waals surface area contributed by atoms with Crippen LogP contribution in [0.25, 0.3) is 22.3 Å². The Balaban J connectivity index is 1.51. The van der Waals surface area contributed by atoms with E-state index in [-0.39, 0.29) is 10.8 Å². The van der Waals surface area contributed by atoms with Crippen LogP contribution in [0, 0.1) is 0 Å². The molecule has 0 spiro atoms. The van der Waals surface area contributed by atoms with Gasteiger partial charge < -0.3 is 4.90 Å². The first kappa shape index (κ1) is 23.1. The Kier molecular flexibility index (Phi) is 4.85. The minimum atomic E-state index is -0.0803. The Morgan fingerprint density at radius 3 is 1.82 bits per heavy atom. The third kappa shape index (κ3) is 3.07. The quantitative estimate of drug-likeness (QED) is 0.231. The molecule has 182 valence electrons. The number of para-hydroxylation sites is 1. The van der Waals surface area contributed by atoms with Gasteiger partial charge in [-0.2, -0.15) is 0 Å². The normalized spacial score (nSPS) is 15.4. The molecule has 38 heavy (non-hydrogen) atoms. The minimum Gasteiger partial charge on any atom is -0.310 e. The summed E-state index contributed by atoms with van der Waals surface area (Å²) in [4.78, 5) is 2.37.